The Bertz CT molecular complexity index is 355. The van der Waals surface area contributed by atoms with Crippen LogP contribution in [0.15, 0.2) is 0 Å². The van der Waals surface area contributed by atoms with Crippen molar-refractivity contribution in [1.29, 1.82) is 0 Å². The molecule has 0 bridgehead atoms. The molecular weight excluding hydrogens is 248 g/mol. The molecule has 0 aliphatic heterocycles. The van der Waals surface area contributed by atoms with Gasteiger partial charge in [0.2, 0.25) is 0 Å². The largest absolute Gasteiger partial charge is 0.416 e. The molecule has 0 heterocycles. The Balaban J connectivity index is 3.86. The van der Waals surface area contributed by atoms with Gasteiger partial charge >= 0.3 is 20.8 Å². The van der Waals surface area contributed by atoms with Crippen LogP contribution in [-0.4, -0.2) is 28.0 Å². The quantitative estimate of drug-likeness (QED) is 0.505. The van der Waals surface area contributed by atoms with Crippen LogP contribution in [-0.2, 0) is 28.6 Å². The summed E-state index contributed by atoms with van der Waals surface area (Å²) < 4.78 is 57.1. The van der Waals surface area contributed by atoms with Crippen LogP contribution in [0.2, 0.25) is 0 Å². The Morgan fingerprint density at radius 2 is 1.67 bits per heavy atom. The first-order valence-corrected chi connectivity index (χ1v) is 7.04. The lowest BCUT2D eigenvalue weighted by molar-refractivity contribution is 0.258. The van der Waals surface area contributed by atoms with Crippen LogP contribution in [0.3, 0.4) is 0 Å². The first-order valence-electron chi connectivity index (χ1n) is 4.35. The normalized spacial score (nSPS) is 12.9. The minimum absolute atomic E-state index is 0.169. The van der Waals surface area contributed by atoms with Gasteiger partial charge in [0.15, 0.2) is 0 Å². The van der Waals surface area contributed by atoms with Gasteiger partial charge in [0, 0.05) is 0 Å². The summed E-state index contributed by atoms with van der Waals surface area (Å²) >= 11 is 0. The Hall–Kier alpha value is -0.220. The topological polar surface area (TPSA) is 107 Å². The Morgan fingerprint density at radius 3 is 2.13 bits per heavy atom. The van der Waals surface area contributed by atoms with Gasteiger partial charge in [-0.3, -0.25) is 4.55 Å². The molecule has 0 unspecified atom stereocenters. The summed E-state index contributed by atoms with van der Waals surface area (Å²) in [6.45, 7) is 1.82. The molecule has 0 aromatic heterocycles. The third-order valence-corrected chi connectivity index (χ3v) is 3.20. The van der Waals surface area contributed by atoms with E-state index in [2.05, 4.69) is 7.81 Å². The van der Waals surface area contributed by atoms with E-state index in [4.69, 9.17) is 4.55 Å². The van der Waals surface area contributed by atoms with Gasteiger partial charge in [0.1, 0.15) is 0 Å². The second kappa shape index (κ2) is 6.38. The number of unbranched alkanes of at least 4 members (excludes halogenated alkanes) is 3. The van der Waals surface area contributed by atoms with Crippen molar-refractivity contribution < 1.29 is 29.2 Å². The predicted octanol–water partition coefficient (Wildman–Crippen LogP) is 0.648. The molecule has 0 aliphatic carbocycles. The highest BCUT2D eigenvalue weighted by atomic mass is 32.3. The van der Waals surface area contributed by atoms with Gasteiger partial charge in [-0.15, -0.1) is 3.63 Å². The lowest BCUT2D eigenvalue weighted by atomic mass is 10.2. The van der Waals surface area contributed by atoms with E-state index >= 15 is 0 Å². The molecule has 0 aromatic carbocycles. The first-order chi connectivity index (χ1) is 6.77. The fraction of sp³-hybridized carbons (Fsp3) is 1.00. The zero-order valence-corrected chi connectivity index (χ0v) is 9.88. The van der Waals surface area contributed by atoms with Crippen molar-refractivity contribution in [2.24, 2.45) is 0 Å². The lowest BCUT2D eigenvalue weighted by Gasteiger charge is -2.02. The third kappa shape index (κ3) is 10.1. The van der Waals surface area contributed by atoms with Crippen LogP contribution >= 0.6 is 0 Å². The average Bonchev–Trinajstić information content (AvgIpc) is 1.99. The van der Waals surface area contributed by atoms with Crippen LogP contribution in [0.5, 0.6) is 0 Å². The molecule has 0 saturated heterocycles. The third-order valence-electron chi connectivity index (χ3n) is 1.39. The molecule has 9 heteroatoms. The van der Waals surface area contributed by atoms with Crippen LogP contribution in [0.4, 0.5) is 0 Å². The van der Waals surface area contributed by atoms with Crippen molar-refractivity contribution in [3.05, 3.63) is 0 Å². The zero-order valence-electron chi connectivity index (χ0n) is 8.25. The molecular formula is C6H14O7S2. The van der Waals surface area contributed by atoms with Crippen LogP contribution in [0.25, 0.3) is 0 Å². The van der Waals surface area contributed by atoms with E-state index in [-0.39, 0.29) is 6.61 Å². The molecule has 0 aromatic rings. The maximum Gasteiger partial charge on any atom is 0.416 e. The number of hydrogen-bond donors (Lipinski definition) is 1. The Kier molecular flexibility index (Phi) is 6.29. The highest BCUT2D eigenvalue weighted by Gasteiger charge is 2.20. The maximum absolute atomic E-state index is 10.7. The molecule has 0 spiro atoms. The molecule has 0 aliphatic rings. The van der Waals surface area contributed by atoms with E-state index in [1.165, 1.54) is 0 Å². The summed E-state index contributed by atoms with van der Waals surface area (Å²) in [4.78, 5) is 0. The van der Waals surface area contributed by atoms with Crippen LogP contribution in [0.1, 0.15) is 32.6 Å². The van der Waals surface area contributed by atoms with Gasteiger partial charge in [-0.2, -0.15) is 16.8 Å². The summed E-state index contributed by atoms with van der Waals surface area (Å²) in [5, 5.41) is 0. The minimum atomic E-state index is -5.04. The predicted molar refractivity (Wildman–Crippen MR) is 51.6 cm³/mol. The highest BCUT2D eigenvalue weighted by molar-refractivity contribution is 7.94. The second-order valence-electron chi connectivity index (χ2n) is 2.79. The first kappa shape index (κ1) is 14.8. The molecule has 0 rings (SSSR count). The average molecular weight is 262 g/mol. The van der Waals surface area contributed by atoms with Gasteiger partial charge in [0.05, 0.1) is 6.61 Å². The van der Waals surface area contributed by atoms with Crippen molar-refractivity contribution in [3.8, 4) is 0 Å². The maximum atomic E-state index is 10.7. The minimum Gasteiger partial charge on any atom is -0.263 e. The van der Waals surface area contributed by atoms with E-state index in [1.54, 1.807) is 0 Å². The van der Waals surface area contributed by atoms with Crippen molar-refractivity contribution in [3.63, 3.8) is 0 Å². The molecule has 7 nitrogen and oxygen atoms in total. The fourth-order valence-corrected chi connectivity index (χ4v) is 2.14. The van der Waals surface area contributed by atoms with E-state index in [0.717, 1.165) is 19.3 Å². The van der Waals surface area contributed by atoms with Gasteiger partial charge < -0.3 is 0 Å². The molecule has 92 valence electrons. The van der Waals surface area contributed by atoms with Crippen LogP contribution < -0.4 is 0 Å². The molecule has 0 fully saturated rings. The van der Waals surface area contributed by atoms with Gasteiger partial charge in [-0.05, 0) is 6.42 Å². The zero-order chi connectivity index (χ0) is 11.9. The SMILES string of the molecule is CCCCCCOS(=O)(=O)OS(=O)(=O)O. The molecule has 0 atom stereocenters. The smallest absolute Gasteiger partial charge is 0.263 e. The monoisotopic (exact) mass is 262 g/mol. The standard InChI is InChI=1S/C6H14O7S2/c1-2-3-4-5-6-12-15(10,11)13-14(7,8)9/h2-6H2,1H3,(H,7,8,9). The fourth-order valence-electron chi connectivity index (χ4n) is 0.815. The lowest BCUT2D eigenvalue weighted by Crippen LogP contribution is -2.15. The van der Waals surface area contributed by atoms with Crippen molar-refractivity contribution in [1.82, 2.24) is 0 Å². The summed E-state index contributed by atoms with van der Waals surface area (Å²) in [6.07, 6.45) is 3.16. The van der Waals surface area contributed by atoms with E-state index < -0.39 is 20.8 Å². The van der Waals surface area contributed by atoms with E-state index in [1.807, 2.05) is 6.92 Å². The second-order valence-corrected chi connectivity index (χ2v) is 5.24. The van der Waals surface area contributed by atoms with Crippen molar-refractivity contribution in [2.45, 2.75) is 32.6 Å². The summed E-state index contributed by atoms with van der Waals surface area (Å²) in [5.74, 6) is 0. The molecule has 0 radical (unpaired) electrons. The van der Waals surface area contributed by atoms with Gasteiger partial charge in [0.25, 0.3) is 0 Å². The van der Waals surface area contributed by atoms with E-state index in [0.29, 0.717) is 6.42 Å². The Labute approximate surface area is 89.7 Å². The number of hydrogen-bond acceptors (Lipinski definition) is 6. The molecule has 0 amide bonds. The highest BCUT2D eigenvalue weighted by Crippen LogP contribution is 2.04. The van der Waals surface area contributed by atoms with Crippen LogP contribution in [0, 0.1) is 0 Å². The summed E-state index contributed by atoms with van der Waals surface area (Å²) in [5.41, 5.74) is 0. The Morgan fingerprint density at radius 1 is 1.07 bits per heavy atom. The molecule has 0 saturated carbocycles. The molecule has 1 N–H and O–H groups in total. The van der Waals surface area contributed by atoms with Crippen molar-refractivity contribution in [2.75, 3.05) is 6.61 Å². The number of rotatable bonds is 8. The molecule has 15 heavy (non-hydrogen) atoms. The van der Waals surface area contributed by atoms with Gasteiger partial charge in [-0.25, -0.2) is 4.18 Å². The van der Waals surface area contributed by atoms with Gasteiger partial charge in [-0.1, -0.05) is 26.2 Å². The summed E-state index contributed by atoms with van der Waals surface area (Å²) in [7, 11) is -9.71. The summed E-state index contributed by atoms with van der Waals surface area (Å²) in [6, 6.07) is 0. The van der Waals surface area contributed by atoms with Crippen molar-refractivity contribution >= 4 is 20.8 Å². The van der Waals surface area contributed by atoms with E-state index in [9.17, 15) is 16.8 Å².